The second-order valence-electron chi connectivity index (χ2n) is 2.87. The number of benzene rings is 1. The van der Waals surface area contributed by atoms with Gasteiger partial charge in [-0.05, 0) is 19.1 Å². The first-order chi connectivity index (χ1) is 8.21. The van der Waals surface area contributed by atoms with Crippen LogP contribution in [0.25, 0.3) is 0 Å². The van der Waals surface area contributed by atoms with Crippen molar-refractivity contribution in [2.45, 2.75) is 6.92 Å². The number of hydrazone groups is 1. The molecule has 0 fully saturated rings. The second kappa shape index (κ2) is 6.09. The normalized spacial score (nSPS) is 8.71. The molecule has 0 atom stereocenters. The van der Waals surface area contributed by atoms with E-state index in [1.54, 1.807) is 19.1 Å². The Bertz CT molecular complexity index is 497. The fourth-order valence-electron chi connectivity index (χ4n) is 1.04. The molecule has 0 saturated carbocycles. The molecule has 6 heteroatoms. The molecule has 0 heterocycles. The molecule has 0 saturated heterocycles. The molecular formula is C11H9FN4O. The van der Waals surface area contributed by atoms with Crippen molar-refractivity contribution in [1.82, 2.24) is 0 Å². The lowest BCUT2D eigenvalue weighted by molar-refractivity contribution is 0.321. The highest BCUT2D eigenvalue weighted by Crippen LogP contribution is 2.20. The summed E-state index contributed by atoms with van der Waals surface area (Å²) in [5, 5.41) is 20.4. The highest BCUT2D eigenvalue weighted by molar-refractivity contribution is 6.10. The van der Waals surface area contributed by atoms with Crippen LogP contribution in [0.4, 0.5) is 10.1 Å². The Kier molecular flexibility index (Phi) is 4.46. The Labute approximate surface area is 97.7 Å². The van der Waals surface area contributed by atoms with Crippen LogP contribution < -0.4 is 10.2 Å². The van der Waals surface area contributed by atoms with E-state index in [0.29, 0.717) is 12.3 Å². The van der Waals surface area contributed by atoms with Crippen LogP contribution in [0.15, 0.2) is 23.3 Å². The van der Waals surface area contributed by atoms with Crippen molar-refractivity contribution in [3.05, 3.63) is 24.0 Å². The first-order valence-corrected chi connectivity index (χ1v) is 4.77. The lowest BCUT2D eigenvalue weighted by atomic mass is 10.3. The average Bonchev–Trinajstić information content (AvgIpc) is 2.34. The van der Waals surface area contributed by atoms with Crippen LogP contribution in [0.3, 0.4) is 0 Å². The Hall–Kier alpha value is -2.60. The van der Waals surface area contributed by atoms with Crippen molar-refractivity contribution in [1.29, 1.82) is 10.5 Å². The van der Waals surface area contributed by atoms with Gasteiger partial charge in [-0.25, -0.2) is 4.39 Å². The lowest BCUT2D eigenvalue weighted by Gasteiger charge is -2.05. The van der Waals surface area contributed by atoms with E-state index in [9.17, 15) is 4.39 Å². The zero-order valence-corrected chi connectivity index (χ0v) is 9.07. The van der Waals surface area contributed by atoms with Gasteiger partial charge in [-0.15, -0.1) is 0 Å². The van der Waals surface area contributed by atoms with Gasteiger partial charge in [0.2, 0.25) is 5.71 Å². The van der Waals surface area contributed by atoms with Crippen LogP contribution in [0, 0.1) is 28.5 Å². The highest BCUT2D eigenvalue weighted by atomic mass is 19.1. The van der Waals surface area contributed by atoms with E-state index in [1.165, 1.54) is 18.2 Å². The zero-order valence-electron chi connectivity index (χ0n) is 9.07. The third-order valence-corrected chi connectivity index (χ3v) is 1.74. The largest absolute Gasteiger partial charge is 0.491 e. The van der Waals surface area contributed by atoms with Gasteiger partial charge in [0.25, 0.3) is 0 Å². The summed E-state index contributed by atoms with van der Waals surface area (Å²) >= 11 is 0. The van der Waals surface area contributed by atoms with Gasteiger partial charge in [-0.2, -0.15) is 15.6 Å². The third-order valence-electron chi connectivity index (χ3n) is 1.74. The Balaban J connectivity index is 2.82. The van der Waals surface area contributed by atoms with E-state index in [0.717, 1.165) is 0 Å². The minimum Gasteiger partial charge on any atom is -0.491 e. The molecule has 86 valence electrons. The van der Waals surface area contributed by atoms with Crippen LogP contribution in [0.2, 0.25) is 0 Å². The van der Waals surface area contributed by atoms with Crippen LogP contribution in [0.1, 0.15) is 6.92 Å². The molecule has 0 aliphatic heterocycles. The van der Waals surface area contributed by atoms with Gasteiger partial charge >= 0.3 is 0 Å². The molecule has 1 rings (SSSR count). The molecule has 0 aliphatic rings. The molecule has 0 bridgehead atoms. The fourth-order valence-corrected chi connectivity index (χ4v) is 1.04. The molecule has 0 aliphatic carbocycles. The Morgan fingerprint density at radius 3 is 2.71 bits per heavy atom. The number of nitriles is 2. The van der Waals surface area contributed by atoms with Crippen molar-refractivity contribution in [2.75, 3.05) is 12.0 Å². The highest BCUT2D eigenvalue weighted by Gasteiger charge is 2.03. The second-order valence-corrected chi connectivity index (χ2v) is 2.87. The number of hydrogen-bond acceptors (Lipinski definition) is 5. The topological polar surface area (TPSA) is 81.2 Å². The van der Waals surface area contributed by atoms with Gasteiger partial charge in [-0.3, -0.25) is 5.43 Å². The van der Waals surface area contributed by atoms with Crippen LogP contribution in [0.5, 0.6) is 5.75 Å². The van der Waals surface area contributed by atoms with Gasteiger partial charge in [0.15, 0.2) is 11.6 Å². The molecule has 0 radical (unpaired) electrons. The van der Waals surface area contributed by atoms with Crippen LogP contribution in [-0.4, -0.2) is 12.3 Å². The molecule has 1 N–H and O–H groups in total. The predicted octanol–water partition coefficient (Wildman–Crippen LogP) is 2.04. The van der Waals surface area contributed by atoms with Crippen LogP contribution in [-0.2, 0) is 0 Å². The summed E-state index contributed by atoms with van der Waals surface area (Å²) in [7, 11) is 0. The molecule has 17 heavy (non-hydrogen) atoms. The number of halogens is 1. The molecule has 1 aromatic carbocycles. The average molecular weight is 232 g/mol. The van der Waals surface area contributed by atoms with E-state index in [-0.39, 0.29) is 11.5 Å². The zero-order chi connectivity index (χ0) is 12.7. The summed E-state index contributed by atoms with van der Waals surface area (Å²) in [6.45, 7) is 2.12. The van der Waals surface area contributed by atoms with E-state index >= 15 is 0 Å². The number of ether oxygens (including phenoxy) is 1. The number of anilines is 1. The van der Waals surface area contributed by atoms with Crippen molar-refractivity contribution in [3.63, 3.8) is 0 Å². The van der Waals surface area contributed by atoms with Gasteiger partial charge in [0.1, 0.15) is 12.1 Å². The minimum absolute atomic E-state index is 0.141. The summed E-state index contributed by atoms with van der Waals surface area (Å²) in [5.74, 6) is -0.398. The SMILES string of the molecule is CCOc1ccc(NN=C(C#N)C#N)cc1F. The van der Waals surface area contributed by atoms with Crippen LogP contribution >= 0.6 is 0 Å². The van der Waals surface area contributed by atoms with Gasteiger partial charge < -0.3 is 4.74 Å². The Morgan fingerprint density at radius 2 is 2.18 bits per heavy atom. The van der Waals surface area contributed by atoms with Crippen molar-refractivity contribution in [3.8, 4) is 17.9 Å². The monoisotopic (exact) mass is 232 g/mol. The molecule has 1 aromatic rings. The Morgan fingerprint density at radius 1 is 1.47 bits per heavy atom. The molecule has 0 aromatic heterocycles. The predicted molar refractivity (Wildman–Crippen MR) is 59.9 cm³/mol. The summed E-state index contributed by atoms with van der Waals surface area (Å²) < 4.78 is 18.4. The number of hydrogen-bond donors (Lipinski definition) is 1. The summed E-state index contributed by atoms with van der Waals surface area (Å²) in [4.78, 5) is 0. The number of rotatable bonds is 4. The smallest absolute Gasteiger partial charge is 0.237 e. The third kappa shape index (κ3) is 3.47. The molecule has 0 unspecified atom stereocenters. The van der Waals surface area contributed by atoms with Crippen molar-refractivity contribution < 1.29 is 9.13 Å². The van der Waals surface area contributed by atoms with Crippen molar-refractivity contribution >= 4 is 11.4 Å². The quantitative estimate of drug-likeness (QED) is 0.636. The molecule has 0 spiro atoms. The molecule has 5 nitrogen and oxygen atoms in total. The van der Waals surface area contributed by atoms with E-state index in [1.807, 2.05) is 0 Å². The van der Waals surface area contributed by atoms with E-state index < -0.39 is 5.82 Å². The molecule has 0 amide bonds. The van der Waals surface area contributed by atoms with Crippen molar-refractivity contribution in [2.24, 2.45) is 5.10 Å². The maximum absolute atomic E-state index is 13.4. The van der Waals surface area contributed by atoms with Gasteiger partial charge in [0, 0.05) is 6.07 Å². The number of nitrogens with one attached hydrogen (secondary N) is 1. The molecular weight excluding hydrogens is 223 g/mol. The van der Waals surface area contributed by atoms with Gasteiger partial charge in [0.05, 0.1) is 12.3 Å². The lowest BCUT2D eigenvalue weighted by Crippen LogP contribution is -1.98. The van der Waals surface area contributed by atoms with E-state index in [4.69, 9.17) is 15.3 Å². The standard InChI is InChI=1S/C11H9FN4O/c1-2-17-11-4-3-8(5-10(11)12)15-16-9(6-13)7-14/h3-5,15H,2H2,1H3. The summed E-state index contributed by atoms with van der Waals surface area (Å²) in [6, 6.07) is 7.29. The maximum atomic E-state index is 13.4. The minimum atomic E-state index is -0.539. The van der Waals surface area contributed by atoms with E-state index in [2.05, 4.69) is 10.5 Å². The maximum Gasteiger partial charge on any atom is 0.237 e. The first kappa shape index (κ1) is 12.5. The summed E-state index contributed by atoms with van der Waals surface area (Å²) in [6.07, 6.45) is 0. The van der Waals surface area contributed by atoms with Gasteiger partial charge in [-0.1, -0.05) is 0 Å². The number of nitrogens with zero attached hydrogens (tertiary/aromatic N) is 3. The first-order valence-electron chi connectivity index (χ1n) is 4.77. The summed E-state index contributed by atoms with van der Waals surface area (Å²) in [5.41, 5.74) is 2.40. The fraction of sp³-hybridized carbons (Fsp3) is 0.182.